The van der Waals surface area contributed by atoms with Crippen LogP contribution in [0.15, 0.2) is 176 Å². The molecule has 9 aromatic rings. The van der Waals surface area contributed by atoms with Crippen molar-refractivity contribution >= 4 is 32.3 Å². The van der Waals surface area contributed by atoms with Gasteiger partial charge in [0.2, 0.25) is 0 Å². The monoisotopic (exact) mass is 643 g/mol. The average molecular weight is 644 g/mol. The van der Waals surface area contributed by atoms with Crippen LogP contribution in [0.25, 0.3) is 87.7 Å². The topological polar surface area (TPSA) is 38.7 Å². The number of nitrogens with zero attached hydrogens (tertiary/aromatic N) is 3. The molecule has 0 saturated heterocycles. The van der Waals surface area contributed by atoms with Gasteiger partial charge >= 0.3 is 0 Å². The van der Waals surface area contributed by atoms with Crippen molar-refractivity contribution in [2.45, 2.75) is 0 Å². The van der Waals surface area contributed by atoms with E-state index in [9.17, 15) is 0 Å². The average Bonchev–Trinajstić information content (AvgIpc) is 3.64. The first-order valence-electron chi connectivity index (χ1n) is 16.4. The minimum atomic E-state index is 0.701. The Balaban J connectivity index is 1.19. The summed E-state index contributed by atoms with van der Waals surface area (Å²) in [6, 6.07) is 61.4. The summed E-state index contributed by atoms with van der Waals surface area (Å²) in [6.45, 7) is 0. The van der Waals surface area contributed by atoms with Crippen molar-refractivity contribution in [3.63, 3.8) is 0 Å². The lowest BCUT2D eigenvalue weighted by atomic mass is 9.93. The van der Waals surface area contributed by atoms with Crippen molar-refractivity contribution in [1.82, 2.24) is 15.0 Å². The third kappa shape index (κ3) is 5.48. The van der Waals surface area contributed by atoms with Gasteiger partial charge in [-0.25, -0.2) is 15.0 Å². The first-order chi connectivity index (χ1) is 24.3. The maximum Gasteiger partial charge on any atom is 0.160 e. The first kappa shape index (κ1) is 29.0. The molecule has 3 nitrogen and oxygen atoms in total. The van der Waals surface area contributed by atoms with E-state index in [1.807, 2.05) is 18.2 Å². The van der Waals surface area contributed by atoms with E-state index in [0.717, 1.165) is 55.1 Å². The number of benzene rings is 7. The molecular weight excluding hydrogens is 615 g/mol. The number of aromatic nitrogens is 3. The molecule has 0 aliphatic carbocycles. The van der Waals surface area contributed by atoms with Crippen LogP contribution in [0.3, 0.4) is 0 Å². The molecule has 0 N–H and O–H groups in total. The molecular formula is C45H29N3S. The number of fused-ring (bicyclic) bond motifs is 2. The van der Waals surface area contributed by atoms with Gasteiger partial charge in [0.15, 0.2) is 5.82 Å². The van der Waals surface area contributed by atoms with Crippen LogP contribution in [0.4, 0.5) is 0 Å². The highest BCUT2D eigenvalue weighted by Crippen LogP contribution is 2.42. The van der Waals surface area contributed by atoms with E-state index in [1.165, 1.54) is 26.8 Å². The Morgan fingerprint density at radius 1 is 0.347 bits per heavy atom. The second kappa shape index (κ2) is 12.4. The molecule has 0 spiro atoms. The van der Waals surface area contributed by atoms with E-state index in [2.05, 4.69) is 158 Å². The Labute approximate surface area is 288 Å². The van der Waals surface area contributed by atoms with Crippen LogP contribution < -0.4 is 0 Å². The fraction of sp³-hybridized carbons (Fsp3) is 0. The quantitative estimate of drug-likeness (QED) is 0.181. The maximum atomic E-state index is 5.22. The van der Waals surface area contributed by atoms with Crippen molar-refractivity contribution in [3.05, 3.63) is 176 Å². The molecule has 0 atom stereocenters. The number of hydrogen-bond donors (Lipinski definition) is 0. The lowest BCUT2D eigenvalue weighted by Crippen LogP contribution is -1.97. The van der Waals surface area contributed by atoms with Crippen molar-refractivity contribution in [3.8, 4) is 66.7 Å². The minimum Gasteiger partial charge on any atom is -0.236 e. The summed E-state index contributed by atoms with van der Waals surface area (Å²) >= 11 is 1.75. The highest BCUT2D eigenvalue weighted by molar-refractivity contribution is 7.22. The summed E-state index contributed by atoms with van der Waals surface area (Å²) in [6.07, 6.45) is 0. The molecule has 4 heteroatoms. The van der Waals surface area contributed by atoms with Crippen LogP contribution in [-0.4, -0.2) is 15.0 Å². The third-order valence-electron chi connectivity index (χ3n) is 8.97. The molecule has 230 valence electrons. The van der Waals surface area contributed by atoms with E-state index in [4.69, 9.17) is 15.0 Å². The molecule has 0 unspecified atom stereocenters. The van der Waals surface area contributed by atoms with Crippen LogP contribution in [-0.2, 0) is 0 Å². The Hall–Kier alpha value is -6.23. The van der Waals surface area contributed by atoms with Crippen molar-refractivity contribution < 1.29 is 0 Å². The van der Waals surface area contributed by atoms with Crippen LogP contribution in [0.5, 0.6) is 0 Å². The van der Waals surface area contributed by atoms with Gasteiger partial charge in [0, 0.05) is 27.8 Å². The predicted molar refractivity (Wildman–Crippen MR) is 205 cm³/mol. The molecule has 0 saturated carbocycles. The summed E-state index contributed by atoms with van der Waals surface area (Å²) < 4.78 is 1.19. The second-order valence-electron chi connectivity index (χ2n) is 12.0. The van der Waals surface area contributed by atoms with Crippen LogP contribution in [0.1, 0.15) is 0 Å². The third-order valence-corrected chi connectivity index (χ3v) is 10.1. The summed E-state index contributed by atoms with van der Waals surface area (Å²) in [5, 5.41) is 3.35. The highest BCUT2D eigenvalue weighted by atomic mass is 32.1. The highest BCUT2D eigenvalue weighted by Gasteiger charge is 2.17. The zero-order valence-electron chi connectivity index (χ0n) is 26.5. The summed E-state index contributed by atoms with van der Waals surface area (Å²) in [5.74, 6) is 0.701. The fourth-order valence-electron chi connectivity index (χ4n) is 6.54. The summed E-state index contributed by atoms with van der Waals surface area (Å²) in [5.41, 5.74) is 11.8. The van der Waals surface area contributed by atoms with Gasteiger partial charge in [-0.1, -0.05) is 164 Å². The molecule has 2 heterocycles. The minimum absolute atomic E-state index is 0.701. The van der Waals surface area contributed by atoms with Gasteiger partial charge in [0.1, 0.15) is 5.01 Å². The van der Waals surface area contributed by atoms with Crippen LogP contribution >= 0.6 is 11.3 Å². The molecule has 0 aliphatic heterocycles. The normalized spacial score (nSPS) is 11.3. The lowest BCUT2D eigenvalue weighted by molar-refractivity contribution is 1.18. The Morgan fingerprint density at radius 2 is 0.898 bits per heavy atom. The van der Waals surface area contributed by atoms with Gasteiger partial charge in [-0.2, -0.15) is 0 Å². The van der Waals surface area contributed by atoms with E-state index < -0.39 is 0 Å². The Morgan fingerprint density at radius 3 is 1.61 bits per heavy atom. The zero-order valence-corrected chi connectivity index (χ0v) is 27.3. The van der Waals surface area contributed by atoms with Gasteiger partial charge in [-0.05, 0) is 39.6 Å². The van der Waals surface area contributed by atoms with E-state index in [0.29, 0.717) is 5.82 Å². The Kier molecular flexibility index (Phi) is 7.34. The van der Waals surface area contributed by atoms with Gasteiger partial charge in [0.05, 0.1) is 21.6 Å². The molecule has 49 heavy (non-hydrogen) atoms. The lowest BCUT2D eigenvalue weighted by Gasteiger charge is -2.14. The molecule has 0 bridgehead atoms. The number of hydrogen-bond acceptors (Lipinski definition) is 4. The van der Waals surface area contributed by atoms with Crippen molar-refractivity contribution in [1.29, 1.82) is 0 Å². The molecule has 0 aliphatic rings. The second-order valence-corrected chi connectivity index (χ2v) is 13.0. The van der Waals surface area contributed by atoms with E-state index >= 15 is 0 Å². The molecule has 7 aromatic carbocycles. The van der Waals surface area contributed by atoms with Gasteiger partial charge in [0.25, 0.3) is 0 Å². The van der Waals surface area contributed by atoms with E-state index in [1.54, 1.807) is 11.3 Å². The number of rotatable bonds is 6. The molecule has 0 fully saturated rings. The maximum absolute atomic E-state index is 5.22. The predicted octanol–water partition coefficient (Wildman–Crippen LogP) is 12.2. The molecule has 0 radical (unpaired) electrons. The smallest absolute Gasteiger partial charge is 0.160 e. The summed E-state index contributed by atoms with van der Waals surface area (Å²) in [4.78, 5) is 15.3. The van der Waals surface area contributed by atoms with Crippen molar-refractivity contribution in [2.24, 2.45) is 0 Å². The van der Waals surface area contributed by atoms with E-state index in [-0.39, 0.29) is 0 Å². The first-order valence-corrected chi connectivity index (χ1v) is 17.2. The van der Waals surface area contributed by atoms with Gasteiger partial charge < -0.3 is 0 Å². The SMILES string of the molecule is c1ccc(-c2ccc(-c3nc(-c4ccccc4)cc(-c4ccc(-c5cccc6nc(-c7ccccc7)sc56)c5ccccc45)n3)cc2)cc1. The van der Waals surface area contributed by atoms with Gasteiger partial charge in [-0.15, -0.1) is 11.3 Å². The molecule has 9 rings (SSSR count). The number of thiazole rings is 1. The standard InChI is InChI=1S/C45H29N3S/c1-4-13-30(14-5-1)31-23-25-33(26-24-31)44-46-41(32-15-6-2-7-16-32)29-42(47-44)38-28-27-37(35-19-10-11-20-36(35)38)39-21-12-22-40-43(39)49-45(48-40)34-17-8-3-9-18-34/h1-29H. The van der Waals surface area contributed by atoms with Crippen molar-refractivity contribution in [2.75, 3.05) is 0 Å². The Bertz CT molecular complexity index is 2580. The largest absolute Gasteiger partial charge is 0.236 e. The molecule has 2 aromatic heterocycles. The zero-order chi connectivity index (χ0) is 32.6. The van der Waals surface area contributed by atoms with Gasteiger partial charge in [-0.3, -0.25) is 0 Å². The summed E-state index contributed by atoms with van der Waals surface area (Å²) in [7, 11) is 0. The molecule has 0 amide bonds. The fourth-order valence-corrected chi connectivity index (χ4v) is 7.63. The van der Waals surface area contributed by atoms with Crippen LogP contribution in [0, 0.1) is 0 Å². The van der Waals surface area contributed by atoms with Crippen LogP contribution in [0.2, 0.25) is 0 Å².